The van der Waals surface area contributed by atoms with Gasteiger partial charge in [0, 0.05) is 6.04 Å². The van der Waals surface area contributed by atoms with Crippen LogP contribution in [-0.4, -0.2) is 65.8 Å². The van der Waals surface area contributed by atoms with E-state index in [1.165, 1.54) is 10.9 Å². The molecule has 0 unspecified atom stereocenters. The van der Waals surface area contributed by atoms with Crippen molar-refractivity contribution in [1.82, 2.24) is 19.5 Å². The topological polar surface area (TPSA) is 175 Å². The number of ether oxygens (including phenoxy) is 1. The average molecular weight is 403 g/mol. The summed E-state index contributed by atoms with van der Waals surface area (Å²) in [6.07, 6.45) is 0.777. The molecule has 0 bridgehead atoms. The van der Waals surface area contributed by atoms with E-state index in [0.717, 1.165) is 25.7 Å². The Kier molecular flexibility index (Phi) is 4.66. The molecule has 2 aromatic heterocycles. The number of imidazole rings is 1. The molecule has 154 valence electrons. The van der Waals surface area contributed by atoms with Crippen molar-refractivity contribution in [3.63, 3.8) is 0 Å². The normalized spacial score (nSPS) is 30.2. The van der Waals surface area contributed by atoms with Gasteiger partial charge >= 0.3 is 0 Å². The van der Waals surface area contributed by atoms with Gasteiger partial charge in [0.1, 0.15) is 18.3 Å². The highest BCUT2D eigenvalue weighted by molar-refractivity contribution is 5.83. The zero-order chi connectivity index (χ0) is 20.0. The van der Waals surface area contributed by atoms with Crippen molar-refractivity contribution in [2.75, 3.05) is 11.9 Å². The minimum atomic E-state index is -1.25. The standard InChI is InChI=1S/C16H21N9O4/c26-5-8-10(27)11(28)16(29-8)25-6-17-9-12(18-7-3-1-2-4-7)19-13(20-15(9)25)14-21-23-24-22-14/h6-8,10-11,14,16,26-28H,1-5H2,(H,18,19,20)/t8-,10-,11-,16-/m1/s1. The van der Waals surface area contributed by atoms with Gasteiger partial charge in [0.05, 0.1) is 12.9 Å². The average Bonchev–Trinajstić information content (AvgIpc) is 3.51. The SMILES string of the molecule is OC[C@H]1O[C@@H](n2cnc3c(NC4CCCC4)nc(C4N=NN=N4)nc32)[C@H](O)[C@@H]1O. The second-order valence-electron chi connectivity index (χ2n) is 7.39. The summed E-state index contributed by atoms with van der Waals surface area (Å²) in [5, 5.41) is 48.2. The van der Waals surface area contributed by atoms with E-state index in [1.807, 2.05) is 0 Å². The number of aliphatic hydroxyl groups is 3. The lowest BCUT2D eigenvalue weighted by atomic mass is 10.1. The summed E-state index contributed by atoms with van der Waals surface area (Å²) in [6.45, 7) is -0.418. The molecule has 13 nitrogen and oxygen atoms in total. The predicted molar refractivity (Wildman–Crippen MR) is 96.7 cm³/mol. The number of nitrogens with one attached hydrogen (secondary N) is 1. The van der Waals surface area contributed by atoms with E-state index in [-0.39, 0.29) is 11.9 Å². The largest absolute Gasteiger partial charge is 0.394 e. The van der Waals surface area contributed by atoms with E-state index in [1.54, 1.807) is 0 Å². The molecule has 2 fully saturated rings. The van der Waals surface area contributed by atoms with Gasteiger partial charge in [0.25, 0.3) is 0 Å². The van der Waals surface area contributed by atoms with Gasteiger partial charge < -0.3 is 25.4 Å². The van der Waals surface area contributed by atoms with E-state index in [2.05, 4.69) is 40.9 Å². The van der Waals surface area contributed by atoms with Crippen molar-refractivity contribution < 1.29 is 20.1 Å². The first-order valence-corrected chi connectivity index (χ1v) is 9.59. The van der Waals surface area contributed by atoms with Crippen LogP contribution in [0.3, 0.4) is 0 Å². The second kappa shape index (κ2) is 7.33. The van der Waals surface area contributed by atoms with Crippen molar-refractivity contribution in [2.24, 2.45) is 20.7 Å². The molecule has 1 saturated carbocycles. The van der Waals surface area contributed by atoms with Gasteiger partial charge in [0.15, 0.2) is 29.0 Å². The molecule has 5 rings (SSSR count). The maximum absolute atomic E-state index is 10.4. The van der Waals surface area contributed by atoms with Crippen molar-refractivity contribution in [3.05, 3.63) is 12.2 Å². The lowest BCUT2D eigenvalue weighted by molar-refractivity contribution is -0.0511. The van der Waals surface area contributed by atoms with Crippen molar-refractivity contribution in [3.8, 4) is 0 Å². The Morgan fingerprint density at radius 3 is 2.55 bits per heavy atom. The van der Waals surface area contributed by atoms with Crippen LogP contribution in [0.1, 0.15) is 43.9 Å². The Hall–Kier alpha value is -2.61. The smallest absolute Gasteiger partial charge is 0.244 e. The number of aromatic nitrogens is 4. The summed E-state index contributed by atoms with van der Waals surface area (Å²) in [6, 6.07) is 0.284. The molecule has 13 heteroatoms. The van der Waals surface area contributed by atoms with Gasteiger partial charge in [-0.1, -0.05) is 12.8 Å². The van der Waals surface area contributed by atoms with Crippen LogP contribution in [0.2, 0.25) is 0 Å². The minimum absolute atomic E-state index is 0.284. The van der Waals surface area contributed by atoms with Gasteiger partial charge in [-0.05, 0) is 23.3 Å². The highest BCUT2D eigenvalue weighted by Crippen LogP contribution is 2.34. The Bertz CT molecular complexity index is 945. The summed E-state index contributed by atoms with van der Waals surface area (Å²) >= 11 is 0. The number of nitrogens with zero attached hydrogens (tertiary/aromatic N) is 8. The fourth-order valence-electron chi connectivity index (χ4n) is 3.98. The van der Waals surface area contributed by atoms with Gasteiger partial charge in [-0.2, -0.15) is 0 Å². The van der Waals surface area contributed by atoms with Gasteiger partial charge in [-0.15, -0.1) is 10.2 Å². The monoisotopic (exact) mass is 403 g/mol. The van der Waals surface area contributed by atoms with Crippen LogP contribution in [0.15, 0.2) is 27.0 Å². The molecular formula is C16H21N9O4. The lowest BCUT2D eigenvalue weighted by Crippen LogP contribution is -2.33. The molecule has 0 aromatic carbocycles. The lowest BCUT2D eigenvalue weighted by Gasteiger charge is -2.18. The third-order valence-electron chi connectivity index (χ3n) is 5.52. The quantitative estimate of drug-likeness (QED) is 0.562. The molecule has 0 radical (unpaired) electrons. The fraction of sp³-hybridized carbons (Fsp3) is 0.688. The molecule has 0 amide bonds. The van der Waals surface area contributed by atoms with Crippen molar-refractivity contribution in [1.29, 1.82) is 0 Å². The molecule has 1 saturated heterocycles. The van der Waals surface area contributed by atoms with Crippen LogP contribution in [0.25, 0.3) is 11.2 Å². The molecular weight excluding hydrogens is 382 g/mol. The van der Waals surface area contributed by atoms with E-state index in [9.17, 15) is 15.3 Å². The third-order valence-corrected chi connectivity index (χ3v) is 5.52. The van der Waals surface area contributed by atoms with Gasteiger partial charge in [-0.25, -0.2) is 15.0 Å². The molecule has 2 aromatic rings. The number of rotatable bonds is 5. The van der Waals surface area contributed by atoms with Crippen LogP contribution < -0.4 is 5.32 Å². The Morgan fingerprint density at radius 1 is 1.10 bits per heavy atom. The predicted octanol–water partition coefficient (Wildman–Crippen LogP) is 0.624. The molecule has 29 heavy (non-hydrogen) atoms. The van der Waals surface area contributed by atoms with Crippen LogP contribution in [0.5, 0.6) is 0 Å². The molecule has 4 N–H and O–H groups in total. The number of hydrogen-bond donors (Lipinski definition) is 4. The number of hydrogen-bond acceptors (Lipinski definition) is 12. The van der Waals surface area contributed by atoms with E-state index in [4.69, 9.17) is 4.74 Å². The number of aliphatic hydroxyl groups excluding tert-OH is 3. The summed E-state index contributed by atoms with van der Waals surface area (Å²) in [5.41, 5.74) is 0.896. The molecule has 0 spiro atoms. The first kappa shape index (κ1) is 18.4. The van der Waals surface area contributed by atoms with Crippen LogP contribution in [0, 0.1) is 0 Å². The first-order chi connectivity index (χ1) is 14.2. The molecule has 2 aliphatic heterocycles. The van der Waals surface area contributed by atoms with Gasteiger partial charge in [-0.3, -0.25) is 4.57 Å². The third kappa shape index (κ3) is 3.15. The van der Waals surface area contributed by atoms with Crippen LogP contribution in [0.4, 0.5) is 5.82 Å². The highest BCUT2D eigenvalue weighted by atomic mass is 16.6. The Labute approximate surface area is 164 Å². The zero-order valence-corrected chi connectivity index (χ0v) is 15.4. The summed E-state index contributed by atoms with van der Waals surface area (Å²) in [4.78, 5) is 13.5. The fourth-order valence-corrected chi connectivity index (χ4v) is 3.98. The van der Waals surface area contributed by atoms with Crippen LogP contribution in [-0.2, 0) is 4.74 Å². The Balaban J connectivity index is 1.58. The zero-order valence-electron chi connectivity index (χ0n) is 15.4. The molecule has 4 atom stereocenters. The van der Waals surface area contributed by atoms with E-state index < -0.39 is 37.3 Å². The summed E-state index contributed by atoms with van der Waals surface area (Å²) < 4.78 is 7.16. The van der Waals surface area contributed by atoms with Crippen LogP contribution >= 0.6 is 0 Å². The second-order valence-corrected chi connectivity index (χ2v) is 7.39. The first-order valence-electron chi connectivity index (χ1n) is 9.59. The maximum Gasteiger partial charge on any atom is 0.244 e. The van der Waals surface area contributed by atoms with E-state index in [0.29, 0.717) is 17.0 Å². The van der Waals surface area contributed by atoms with Gasteiger partial charge in [0.2, 0.25) is 6.17 Å². The Morgan fingerprint density at radius 2 is 1.86 bits per heavy atom. The van der Waals surface area contributed by atoms with Crippen molar-refractivity contribution in [2.45, 2.75) is 62.4 Å². The summed E-state index contributed by atoms with van der Waals surface area (Å²) in [5.74, 6) is 0.830. The molecule has 1 aliphatic carbocycles. The highest BCUT2D eigenvalue weighted by Gasteiger charge is 2.44. The minimum Gasteiger partial charge on any atom is -0.394 e. The molecule has 3 aliphatic rings. The van der Waals surface area contributed by atoms with Crippen molar-refractivity contribution >= 4 is 17.0 Å². The number of anilines is 1. The maximum atomic E-state index is 10.4. The summed E-state index contributed by atoms with van der Waals surface area (Å²) in [7, 11) is 0. The van der Waals surface area contributed by atoms with E-state index >= 15 is 0 Å². The number of fused-ring (bicyclic) bond motifs is 1. The molecule has 4 heterocycles.